The number of allylic oxidation sites excluding steroid dienone is 1. The summed E-state index contributed by atoms with van der Waals surface area (Å²) in [5, 5.41) is 1.60. The molecule has 1 saturated heterocycles. The highest BCUT2D eigenvalue weighted by Crippen LogP contribution is 2.42. The lowest BCUT2D eigenvalue weighted by atomic mass is 9.89. The van der Waals surface area contributed by atoms with Gasteiger partial charge in [0.1, 0.15) is 17.3 Å². The molecule has 160 valence electrons. The summed E-state index contributed by atoms with van der Waals surface area (Å²) in [7, 11) is 3.10. The van der Waals surface area contributed by atoms with E-state index >= 15 is 0 Å². The van der Waals surface area contributed by atoms with Crippen LogP contribution in [0, 0.1) is 0 Å². The number of carbonyl (C=O) groups excluding carboxylic acids is 2. The van der Waals surface area contributed by atoms with Crippen molar-refractivity contribution in [2.45, 2.75) is 38.9 Å². The Hall–Kier alpha value is -2.70. The minimum Gasteiger partial charge on any atom is -0.496 e. The van der Waals surface area contributed by atoms with Crippen molar-refractivity contribution in [1.29, 1.82) is 0 Å². The molecule has 0 N–H and O–H groups in total. The first-order valence-electron chi connectivity index (χ1n) is 9.96. The van der Waals surface area contributed by atoms with E-state index in [2.05, 4.69) is 6.58 Å². The van der Waals surface area contributed by atoms with Gasteiger partial charge in [-0.15, -0.1) is 0 Å². The van der Waals surface area contributed by atoms with Crippen LogP contribution in [0.4, 0.5) is 0 Å². The molecule has 0 saturated carbocycles. The van der Waals surface area contributed by atoms with Crippen LogP contribution in [0.25, 0.3) is 10.8 Å². The quantitative estimate of drug-likeness (QED) is 0.452. The molecule has 1 aliphatic rings. The fourth-order valence-corrected chi connectivity index (χ4v) is 3.93. The average molecular weight is 412 g/mol. The van der Waals surface area contributed by atoms with E-state index in [1.54, 1.807) is 21.0 Å². The van der Waals surface area contributed by atoms with Gasteiger partial charge in [-0.2, -0.15) is 0 Å². The van der Waals surface area contributed by atoms with Crippen molar-refractivity contribution in [2.24, 2.45) is 0 Å². The number of ether oxygens (including phenoxy) is 4. The zero-order chi connectivity index (χ0) is 21.9. The van der Waals surface area contributed by atoms with Crippen molar-refractivity contribution in [2.75, 3.05) is 27.4 Å². The van der Waals surface area contributed by atoms with Gasteiger partial charge >= 0.3 is 0 Å². The molecule has 30 heavy (non-hydrogen) atoms. The van der Waals surface area contributed by atoms with Gasteiger partial charge in [0.15, 0.2) is 11.6 Å². The highest BCUT2D eigenvalue weighted by atomic mass is 16.7. The smallest absolute Gasteiger partial charge is 0.192 e. The molecule has 1 heterocycles. The molecule has 0 radical (unpaired) electrons. The van der Waals surface area contributed by atoms with Crippen LogP contribution in [-0.4, -0.2) is 44.8 Å². The van der Waals surface area contributed by atoms with Gasteiger partial charge in [-0.3, -0.25) is 9.59 Å². The molecule has 0 atom stereocenters. The Morgan fingerprint density at radius 3 is 2.17 bits per heavy atom. The number of fused-ring (bicyclic) bond motifs is 1. The van der Waals surface area contributed by atoms with Gasteiger partial charge in [-0.25, -0.2) is 0 Å². The fraction of sp³-hybridized carbons (Fsp3) is 0.417. The molecule has 2 aromatic rings. The monoisotopic (exact) mass is 412 g/mol. The number of hydrogen-bond acceptors (Lipinski definition) is 6. The van der Waals surface area contributed by atoms with E-state index in [4.69, 9.17) is 18.9 Å². The maximum absolute atomic E-state index is 13.1. The molecule has 0 spiro atoms. The van der Waals surface area contributed by atoms with Gasteiger partial charge in [0.25, 0.3) is 0 Å². The van der Waals surface area contributed by atoms with E-state index in [1.165, 1.54) is 7.11 Å². The van der Waals surface area contributed by atoms with Gasteiger partial charge in [-0.05, 0) is 25.8 Å². The first kappa shape index (κ1) is 22.0. The first-order valence-corrected chi connectivity index (χ1v) is 9.96. The van der Waals surface area contributed by atoms with Gasteiger partial charge in [0.05, 0.1) is 39.4 Å². The molecule has 0 amide bonds. The average Bonchev–Trinajstić information content (AvgIpc) is 3.15. The highest BCUT2D eigenvalue weighted by molar-refractivity contribution is 6.15. The van der Waals surface area contributed by atoms with Crippen molar-refractivity contribution in [1.82, 2.24) is 0 Å². The van der Waals surface area contributed by atoms with E-state index < -0.39 is 5.79 Å². The Labute approximate surface area is 176 Å². The molecule has 0 bridgehead atoms. The third-order valence-electron chi connectivity index (χ3n) is 5.31. The standard InChI is InChI=1S/C24H28O6/c1-15(2)21(26)20-19(11-10-16(25)14-24(3)29-12-13-30-24)22(27-4)17-8-6-7-9-18(17)23(20)28-5/h6-9H,1,10-14H2,2-5H3. The Kier molecular flexibility index (Phi) is 6.58. The summed E-state index contributed by atoms with van der Waals surface area (Å²) in [6, 6.07) is 7.58. The van der Waals surface area contributed by atoms with Crippen LogP contribution in [0.1, 0.15) is 42.6 Å². The molecular weight excluding hydrogens is 384 g/mol. The number of Topliss-reactive ketones (excluding diaryl/α,β-unsaturated/α-hetero) is 2. The van der Waals surface area contributed by atoms with Crippen LogP contribution in [0.5, 0.6) is 11.5 Å². The minimum atomic E-state index is -0.876. The number of ketones is 2. The van der Waals surface area contributed by atoms with E-state index in [1.807, 2.05) is 24.3 Å². The van der Waals surface area contributed by atoms with Crippen LogP contribution < -0.4 is 9.47 Å². The lowest BCUT2D eigenvalue weighted by Crippen LogP contribution is -2.29. The summed E-state index contributed by atoms with van der Waals surface area (Å²) in [5.74, 6) is -0.0757. The normalized spacial score (nSPS) is 15.2. The summed E-state index contributed by atoms with van der Waals surface area (Å²) in [4.78, 5) is 25.7. The summed E-state index contributed by atoms with van der Waals surface area (Å²) in [6.45, 7) is 8.21. The molecule has 0 aliphatic carbocycles. The van der Waals surface area contributed by atoms with E-state index in [9.17, 15) is 9.59 Å². The second kappa shape index (κ2) is 8.98. The maximum atomic E-state index is 13.1. The SMILES string of the molecule is C=C(C)C(=O)c1c(CCC(=O)CC2(C)OCCO2)c(OC)c2ccccc2c1OC. The van der Waals surface area contributed by atoms with Crippen LogP contribution in [0.15, 0.2) is 36.4 Å². The number of hydrogen-bond donors (Lipinski definition) is 0. The molecule has 3 rings (SSSR count). The highest BCUT2D eigenvalue weighted by Gasteiger charge is 2.34. The number of carbonyl (C=O) groups is 2. The Balaban J connectivity index is 2.04. The summed E-state index contributed by atoms with van der Waals surface area (Å²) in [5.41, 5.74) is 1.43. The molecule has 0 unspecified atom stereocenters. The third kappa shape index (κ3) is 4.25. The van der Waals surface area contributed by atoms with E-state index in [0.717, 1.165) is 10.8 Å². The molecule has 2 aromatic carbocycles. The van der Waals surface area contributed by atoms with Crippen LogP contribution in [0.3, 0.4) is 0 Å². The predicted molar refractivity (Wildman–Crippen MR) is 114 cm³/mol. The van der Waals surface area contributed by atoms with Crippen LogP contribution in [0.2, 0.25) is 0 Å². The Bertz CT molecular complexity index is 985. The van der Waals surface area contributed by atoms with Crippen molar-refractivity contribution in [3.8, 4) is 11.5 Å². The van der Waals surface area contributed by atoms with E-state index in [0.29, 0.717) is 47.8 Å². The van der Waals surface area contributed by atoms with Crippen LogP contribution in [-0.2, 0) is 20.7 Å². The van der Waals surface area contributed by atoms with Gasteiger partial charge in [0, 0.05) is 22.8 Å². The van der Waals surface area contributed by atoms with Crippen molar-refractivity contribution in [3.05, 3.63) is 47.5 Å². The molecule has 1 aliphatic heterocycles. The Morgan fingerprint density at radius 1 is 1.07 bits per heavy atom. The topological polar surface area (TPSA) is 71.1 Å². The molecule has 6 nitrogen and oxygen atoms in total. The lowest BCUT2D eigenvalue weighted by Gasteiger charge is -2.22. The van der Waals surface area contributed by atoms with Gasteiger partial charge in [0.2, 0.25) is 0 Å². The van der Waals surface area contributed by atoms with Gasteiger partial charge < -0.3 is 18.9 Å². The summed E-state index contributed by atoms with van der Waals surface area (Å²) in [6.07, 6.45) is 0.702. The molecule has 0 aromatic heterocycles. The summed E-state index contributed by atoms with van der Waals surface area (Å²) >= 11 is 0. The lowest BCUT2D eigenvalue weighted by molar-refractivity contribution is -0.158. The molecule has 1 fully saturated rings. The van der Waals surface area contributed by atoms with E-state index in [-0.39, 0.29) is 24.4 Å². The molecule has 6 heteroatoms. The zero-order valence-electron chi connectivity index (χ0n) is 18.0. The van der Waals surface area contributed by atoms with Crippen molar-refractivity contribution >= 4 is 22.3 Å². The van der Waals surface area contributed by atoms with Crippen molar-refractivity contribution < 1.29 is 28.5 Å². The molecular formula is C24H28O6. The van der Waals surface area contributed by atoms with Crippen molar-refractivity contribution in [3.63, 3.8) is 0 Å². The second-order valence-corrected chi connectivity index (χ2v) is 7.62. The summed E-state index contributed by atoms with van der Waals surface area (Å²) < 4.78 is 22.5. The second-order valence-electron chi connectivity index (χ2n) is 7.62. The Morgan fingerprint density at radius 2 is 1.63 bits per heavy atom. The number of rotatable bonds is 9. The number of benzene rings is 2. The largest absolute Gasteiger partial charge is 0.496 e. The maximum Gasteiger partial charge on any atom is 0.192 e. The third-order valence-corrected chi connectivity index (χ3v) is 5.31. The fourth-order valence-electron chi connectivity index (χ4n) is 3.93. The zero-order valence-corrected chi connectivity index (χ0v) is 18.0. The van der Waals surface area contributed by atoms with Crippen LogP contribution >= 0.6 is 0 Å². The minimum absolute atomic E-state index is 0.0118. The van der Waals surface area contributed by atoms with Gasteiger partial charge in [-0.1, -0.05) is 30.8 Å². The first-order chi connectivity index (χ1) is 14.3. The number of methoxy groups -OCH3 is 2. The predicted octanol–water partition coefficient (Wildman–Crippen LogP) is 4.27.